The van der Waals surface area contributed by atoms with E-state index < -0.39 is 11.9 Å². The topological polar surface area (TPSA) is 92.1 Å². The van der Waals surface area contributed by atoms with Gasteiger partial charge in [0.15, 0.2) is 0 Å². The number of carbonyl (C=O) groups is 2. The van der Waals surface area contributed by atoms with Crippen molar-refractivity contribution in [2.24, 2.45) is 0 Å². The summed E-state index contributed by atoms with van der Waals surface area (Å²) in [7, 11) is 0. The Hall–Kier alpha value is -2.13. The number of carbonyl (C=O) groups excluding carboxylic acids is 2. The number of pyridine rings is 1. The summed E-state index contributed by atoms with van der Waals surface area (Å²) in [5.41, 5.74) is 0.557. The van der Waals surface area contributed by atoms with Crippen LogP contribution in [0.25, 0.3) is 0 Å². The van der Waals surface area contributed by atoms with E-state index in [9.17, 15) is 9.59 Å². The molecule has 7 heteroatoms. The van der Waals surface area contributed by atoms with Crippen LogP contribution in [-0.2, 0) is 20.7 Å². The maximum atomic E-state index is 11.4. The maximum Gasteiger partial charge on any atom is 0.397 e. The molecule has 0 spiro atoms. The quantitative estimate of drug-likeness (QED) is 0.506. The Labute approximate surface area is 109 Å². The zero-order valence-electron chi connectivity index (χ0n) is 9.57. The summed E-state index contributed by atoms with van der Waals surface area (Å²) in [6, 6.07) is 4.81. The Kier molecular flexibility index (Phi) is 5.08. The van der Waals surface area contributed by atoms with Crippen LogP contribution < -0.4 is 5.32 Å². The first-order chi connectivity index (χ1) is 8.58. The third-order valence-corrected chi connectivity index (χ3v) is 2.11. The van der Waals surface area contributed by atoms with E-state index in [0.29, 0.717) is 5.69 Å². The summed E-state index contributed by atoms with van der Waals surface area (Å²) >= 11 is 5.68. The van der Waals surface area contributed by atoms with E-state index in [1.807, 2.05) is 6.07 Å². The molecule has 1 heterocycles. The molecule has 18 heavy (non-hydrogen) atoms. The van der Waals surface area contributed by atoms with Gasteiger partial charge in [0, 0.05) is 0 Å². The SMILES string of the molecule is CCOC(=O)C(=O)Nc1ccc(Cl)nc1CC#N. The summed E-state index contributed by atoms with van der Waals surface area (Å²) in [4.78, 5) is 26.4. The molecular weight excluding hydrogens is 258 g/mol. The van der Waals surface area contributed by atoms with Crippen LogP contribution in [0.3, 0.4) is 0 Å². The minimum absolute atomic E-state index is 0.0288. The van der Waals surface area contributed by atoms with E-state index in [4.69, 9.17) is 16.9 Å². The van der Waals surface area contributed by atoms with Gasteiger partial charge in [-0.2, -0.15) is 5.26 Å². The van der Waals surface area contributed by atoms with Crippen LogP contribution in [0.15, 0.2) is 12.1 Å². The number of hydrogen-bond donors (Lipinski definition) is 1. The van der Waals surface area contributed by atoms with Gasteiger partial charge in [0.05, 0.1) is 30.5 Å². The molecule has 1 amide bonds. The van der Waals surface area contributed by atoms with Gasteiger partial charge in [-0.1, -0.05) is 11.6 Å². The number of nitrogens with zero attached hydrogens (tertiary/aromatic N) is 2. The molecule has 0 saturated heterocycles. The molecule has 0 fully saturated rings. The number of aromatic nitrogens is 1. The minimum atomic E-state index is -0.990. The standard InChI is InChI=1S/C11H10ClN3O3/c1-2-18-11(17)10(16)15-7-3-4-9(12)14-8(7)5-6-13/h3-4H,2,5H2,1H3,(H,15,16). The highest BCUT2D eigenvalue weighted by Crippen LogP contribution is 2.17. The van der Waals surface area contributed by atoms with Crippen molar-refractivity contribution in [3.63, 3.8) is 0 Å². The first kappa shape index (κ1) is 13.9. The largest absolute Gasteiger partial charge is 0.459 e. The first-order valence-corrected chi connectivity index (χ1v) is 5.46. The average molecular weight is 268 g/mol. The monoisotopic (exact) mass is 267 g/mol. The van der Waals surface area contributed by atoms with Crippen LogP contribution in [0, 0.1) is 11.3 Å². The fourth-order valence-electron chi connectivity index (χ4n) is 1.17. The zero-order chi connectivity index (χ0) is 13.5. The van der Waals surface area contributed by atoms with E-state index in [1.54, 1.807) is 6.92 Å². The second-order valence-electron chi connectivity index (χ2n) is 3.14. The highest BCUT2D eigenvalue weighted by molar-refractivity contribution is 6.37. The Morgan fingerprint density at radius 2 is 2.28 bits per heavy atom. The summed E-state index contributed by atoms with van der Waals surface area (Å²) in [5, 5.41) is 11.1. The highest BCUT2D eigenvalue weighted by atomic mass is 35.5. The number of ether oxygens (including phenoxy) is 1. The summed E-state index contributed by atoms with van der Waals surface area (Å²) in [6.45, 7) is 1.70. The lowest BCUT2D eigenvalue weighted by molar-refractivity contribution is -0.152. The maximum absolute atomic E-state index is 11.4. The van der Waals surface area contributed by atoms with Gasteiger partial charge in [0.2, 0.25) is 0 Å². The molecule has 0 aliphatic carbocycles. The van der Waals surface area contributed by atoms with Crippen molar-refractivity contribution in [1.29, 1.82) is 5.26 Å². The lowest BCUT2D eigenvalue weighted by Crippen LogP contribution is -2.25. The molecule has 0 saturated carbocycles. The minimum Gasteiger partial charge on any atom is -0.459 e. The van der Waals surface area contributed by atoms with Crippen LogP contribution in [0.2, 0.25) is 5.15 Å². The number of rotatable bonds is 3. The lowest BCUT2D eigenvalue weighted by Gasteiger charge is -2.07. The third kappa shape index (κ3) is 3.71. The predicted octanol–water partition coefficient (Wildman–Crippen LogP) is 1.30. The van der Waals surface area contributed by atoms with Crippen molar-refractivity contribution in [2.75, 3.05) is 11.9 Å². The molecule has 0 aromatic carbocycles. The van der Waals surface area contributed by atoms with Crippen LogP contribution in [0.1, 0.15) is 12.6 Å². The second-order valence-corrected chi connectivity index (χ2v) is 3.52. The summed E-state index contributed by atoms with van der Waals surface area (Å²) < 4.78 is 4.54. The second kappa shape index (κ2) is 6.57. The van der Waals surface area contributed by atoms with Crippen molar-refractivity contribution in [2.45, 2.75) is 13.3 Å². The Morgan fingerprint density at radius 1 is 1.56 bits per heavy atom. The van der Waals surface area contributed by atoms with E-state index >= 15 is 0 Å². The lowest BCUT2D eigenvalue weighted by atomic mass is 10.2. The molecule has 6 nitrogen and oxygen atoms in total. The molecule has 94 valence electrons. The normalized spacial score (nSPS) is 9.39. The molecule has 0 bridgehead atoms. The molecule has 1 N–H and O–H groups in total. The van der Waals surface area contributed by atoms with Crippen LogP contribution in [0.4, 0.5) is 5.69 Å². The number of nitriles is 1. The zero-order valence-corrected chi connectivity index (χ0v) is 10.3. The third-order valence-electron chi connectivity index (χ3n) is 1.90. The van der Waals surface area contributed by atoms with E-state index in [2.05, 4.69) is 15.0 Å². The Balaban J connectivity index is 2.87. The smallest absolute Gasteiger partial charge is 0.397 e. The number of amides is 1. The van der Waals surface area contributed by atoms with Crippen molar-refractivity contribution in [3.8, 4) is 6.07 Å². The first-order valence-electron chi connectivity index (χ1n) is 5.09. The van der Waals surface area contributed by atoms with Gasteiger partial charge in [0.1, 0.15) is 5.15 Å². The molecule has 1 aromatic rings. The predicted molar refractivity (Wildman–Crippen MR) is 63.8 cm³/mol. The van der Waals surface area contributed by atoms with E-state index in [1.165, 1.54) is 12.1 Å². The van der Waals surface area contributed by atoms with Gasteiger partial charge in [-0.25, -0.2) is 9.78 Å². The number of anilines is 1. The van der Waals surface area contributed by atoms with Crippen molar-refractivity contribution in [3.05, 3.63) is 23.0 Å². The van der Waals surface area contributed by atoms with Crippen molar-refractivity contribution >= 4 is 29.2 Å². The van der Waals surface area contributed by atoms with Gasteiger partial charge >= 0.3 is 11.9 Å². The molecule has 0 unspecified atom stereocenters. The van der Waals surface area contributed by atoms with Gasteiger partial charge < -0.3 is 10.1 Å². The number of hydrogen-bond acceptors (Lipinski definition) is 5. The Morgan fingerprint density at radius 3 is 2.89 bits per heavy atom. The van der Waals surface area contributed by atoms with Crippen molar-refractivity contribution in [1.82, 2.24) is 4.98 Å². The average Bonchev–Trinajstić information content (AvgIpc) is 2.33. The molecular formula is C11H10ClN3O3. The number of halogens is 1. The van der Waals surface area contributed by atoms with Crippen LogP contribution in [-0.4, -0.2) is 23.5 Å². The van der Waals surface area contributed by atoms with E-state index in [-0.39, 0.29) is 23.9 Å². The summed E-state index contributed by atoms with van der Waals surface area (Å²) in [6.07, 6.45) is -0.0288. The van der Waals surface area contributed by atoms with Gasteiger partial charge in [-0.05, 0) is 19.1 Å². The Bertz CT molecular complexity index is 511. The van der Waals surface area contributed by atoms with Gasteiger partial charge in [-0.15, -0.1) is 0 Å². The van der Waals surface area contributed by atoms with Crippen molar-refractivity contribution < 1.29 is 14.3 Å². The van der Waals surface area contributed by atoms with Crippen LogP contribution >= 0.6 is 11.6 Å². The molecule has 0 aliphatic heterocycles. The molecule has 0 aliphatic rings. The van der Waals surface area contributed by atoms with Gasteiger partial charge in [0.25, 0.3) is 0 Å². The molecule has 1 rings (SSSR count). The molecule has 0 atom stereocenters. The van der Waals surface area contributed by atoms with Gasteiger partial charge in [-0.3, -0.25) is 4.79 Å². The van der Waals surface area contributed by atoms with E-state index in [0.717, 1.165) is 0 Å². The fraction of sp³-hybridized carbons (Fsp3) is 0.273. The number of esters is 1. The highest BCUT2D eigenvalue weighted by Gasteiger charge is 2.17. The fourth-order valence-corrected chi connectivity index (χ4v) is 1.33. The molecule has 0 radical (unpaired) electrons. The summed E-state index contributed by atoms with van der Waals surface area (Å²) in [5.74, 6) is -1.91. The molecule has 1 aromatic heterocycles. The van der Waals surface area contributed by atoms with Crippen LogP contribution in [0.5, 0.6) is 0 Å². The number of nitrogens with one attached hydrogen (secondary N) is 1.